The van der Waals surface area contributed by atoms with Crippen LogP contribution in [0.15, 0.2) is 52.6 Å². The first-order valence-electron chi connectivity index (χ1n) is 6.20. The van der Waals surface area contributed by atoms with E-state index in [9.17, 15) is 9.59 Å². The molecule has 20 heavy (non-hydrogen) atoms. The molecule has 2 rings (SSSR count). The van der Waals surface area contributed by atoms with Crippen LogP contribution in [0.5, 0.6) is 5.75 Å². The van der Waals surface area contributed by atoms with Gasteiger partial charge in [-0.1, -0.05) is 0 Å². The van der Waals surface area contributed by atoms with Crippen molar-refractivity contribution in [2.24, 2.45) is 4.99 Å². The van der Waals surface area contributed by atoms with Crippen molar-refractivity contribution in [2.75, 3.05) is 7.11 Å². The average Bonchev–Trinajstić information content (AvgIpc) is 2.48. The van der Waals surface area contributed by atoms with Gasteiger partial charge in [0.05, 0.1) is 12.8 Å². The molecule has 4 nitrogen and oxygen atoms in total. The van der Waals surface area contributed by atoms with Crippen LogP contribution in [-0.4, -0.2) is 24.5 Å². The molecule has 0 unspecified atom stereocenters. The minimum absolute atomic E-state index is 0.0432. The van der Waals surface area contributed by atoms with Crippen LogP contribution in [0.25, 0.3) is 0 Å². The molecule has 0 saturated heterocycles. The monoisotopic (exact) mass is 269 g/mol. The molecule has 1 aromatic carbocycles. The number of carbonyl (C=O) groups excluding carboxylic acids is 2. The van der Waals surface area contributed by atoms with Crippen LogP contribution >= 0.6 is 0 Å². The van der Waals surface area contributed by atoms with Crippen molar-refractivity contribution >= 4 is 17.4 Å². The van der Waals surface area contributed by atoms with Gasteiger partial charge >= 0.3 is 0 Å². The van der Waals surface area contributed by atoms with Gasteiger partial charge in [-0.05, 0) is 55.8 Å². The molecule has 0 bridgehead atoms. The maximum Gasteiger partial charge on any atom is 0.277 e. The first-order chi connectivity index (χ1) is 9.52. The first-order valence-corrected chi connectivity index (χ1v) is 6.20. The van der Waals surface area contributed by atoms with Gasteiger partial charge in [0.1, 0.15) is 5.75 Å². The summed E-state index contributed by atoms with van der Waals surface area (Å²) in [7, 11) is 1.57. The van der Waals surface area contributed by atoms with Gasteiger partial charge in [-0.25, -0.2) is 4.99 Å². The molecule has 0 saturated carbocycles. The van der Waals surface area contributed by atoms with E-state index in [0.717, 1.165) is 5.57 Å². The molecule has 0 spiro atoms. The second-order valence-corrected chi connectivity index (χ2v) is 4.48. The summed E-state index contributed by atoms with van der Waals surface area (Å²) in [6, 6.07) is 6.74. The first kappa shape index (κ1) is 13.9. The molecule has 0 N–H and O–H groups in total. The van der Waals surface area contributed by atoms with E-state index in [4.69, 9.17) is 4.74 Å². The van der Waals surface area contributed by atoms with E-state index < -0.39 is 0 Å². The molecule has 1 aliphatic rings. The van der Waals surface area contributed by atoms with Crippen molar-refractivity contribution in [1.29, 1.82) is 0 Å². The van der Waals surface area contributed by atoms with Crippen LogP contribution < -0.4 is 4.74 Å². The molecule has 0 fully saturated rings. The van der Waals surface area contributed by atoms with Gasteiger partial charge in [0.2, 0.25) is 0 Å². The van der Waals surface area contributed by atoms with Crippen molar-refractivity contribution in [2.45, 2.75) is 13.8 Å². The number of hydrogen-bond donors (Lipinski definition) is 0. The third-order valence-electron chi connectivity index (χ3n) is 3.27. The van der Waals surface area contributed by atoms with Crippen LogP contribution in [0, 0.1) is 0 Å². The van der Waals surface area contributed by atoms with Crippen LogP contribution in [0.1, 0.15) is 24.2 Å². The molecule has 1 aromatic rings. The summed E-state index contributed by atoms with van der Waals surface area (Å²) in [4.78, 5) is 27.6. The SMILES string of the molecule is COc1ccc(C(=O)N=C2C=CC(=O)C(C)=C2C)cc1. The van der Waals surface area contributed by atoms with Crippen LogP contribution in [-0.2, 0) is 4.79 Å². The predicted octanol–water partition coefficient (Wildman–Crippen LogP) is 2.75. The lowest BCUT2D eigenvalue weighted by Gasteiger charge is -2.10. The average molecular weight is 269 g/mol. The van der Waals surface area contributed by atoms with Crippen molar-refractivity contribution in [3.05, 3.63) is 53.1 Å². The van der Waals surface area contributed by atoms with Gasteiger partial charge in [-0.15, -0.1) is 0 Å². The number of nitrogens with zero attached hydrogens (tertiary/aromatic N) is 1. The molecule has 1 aliphatic carbocycles. The lowest BCUT2D eigenvalue weighted by Crippen LogP contribution is -2.12. The number of hydrogen-bond acceptors (Lipinski definition) is 3. The zero-order valence-electron chi connectivity index (χ0n) is 11.6. The molecule has 0 radical (unpaired) electrons. The van der Waals surface area contributed by atoms with E-state index in [1.54, 1.807) is 51.3 Å². The zero-order chi connectivity index (χ0) is 14.7. The molecule has 0 atom stereocenters. The van der Waals surface area contributed by atoms with Gasteiger partial charge in [0, 0.05) is 11.1 Å². The van der Waals surface area contributed by atoms with E-state index in [1.165, 1.54) is 6.08 Å². The van der Waals surface area contributed by atoms with Crippen LogP contribution in [0.3, 0.4) is 0 Å². The highest BCUT2D eigenvalue weighted by Crippen LogP contribution is 2.16. The number of ketones is 1. The molecular formula is C16H15NO3. The van der Waals surface area contributed by atoms with Crippen molar-refractivity contribution in [3.8, 4) is 5.75 Å². The number of methoxy groups -OCH3 is 1. The topological polar surface area (TPSA) is 55.7 Å². The predicted molar refractivity (Wildman–Crippen MR) is 77.3 cm³/mol. The number of allylic oxidation sites excluding steroid dienone is 4. The quantitative estimate of drug-likeness (QED) is 0.776. The van der Waals surface area contributed by atoms with Crippen molar-refractivity contribution in [3.63, 3.8) is 0 Å². The Balaban J connectivity index is 2.28. The Hall–Kier alpha value is -2.49. The van der Waals surface area contributed by atoms with E-state index in [0.29, 0.717) is 22.6 Å². The zero-order valence-corrected chi connectivity index (χ0v) is 11.6. The van der Waals surface area contributed by atoms with Crippen molar-refractivity contribution in [1.82, 2.24) is 0 Å². The lowest BCUT2D eigenvalue weighted by molar-refractivity contribution is -0.111. The maximum absolute atomic E-state index is 12.1. The Morgan fingerprint density at radius 1 is 1.05 bits per heavy atom. The second-order valence-electron chi connectivity index (χ2n) is 4.48. The number of benzene rings is 1. The van der Waals surface area contributed by atoms with Gasteiger partial charge in [0.15, 0.2) is 5.78 Å². The summed E-state index contributed by atoms with van der Waals surface area (Å²) in [6.07, 6.45) is 3.01. The second kappa shape index (κ2) is 5.65. The standard InChI is InChI=1S/C16H15NO3/c1-10-11(2)15(18)9-8-14(10)17-16(19)12-4-6-13(20-3)7-5-12/h4-9H,1-3H3. The van der Waals surface area contributed by atoms with Crippen molar-refractivity contribution < 1.29 is 14.3 Å². The number of carbonyl (C=O) groups is 2. The van der Waals surface area contributed by atoms with E-state index in [2.05, 4.69) is 4.99 Å². The Morgan fingerprint density at radius 2 is 1.70 bits per heavy atom. The highest BCUT2D eigenvalue weighted by atomic mass is 16.5. The van der Waals surface area contributed by atoms with Gasteiger partial charge < -0.3 is 4.74 Å². The van der Waals surface area contributed by atoms with Gasteiger partial charge in [-0.2, -0.15) is 0 Å². The van der Waals surface area contributed by atoms with Crippen LogP contribution in [0.4, 0.5) is 0 Å². The Labute approximate surface area is 117 Å². The number of amides is 1. The van der Waals surface area contributed by atoms with Gasteiger partial charge in [0.25, 0.3) is 5.91 Å². The summed E-state index contributed by atoms with van der Waals surface area (Å²) in [5, 5.41) is 0. The summed E-state index contributed by atoms with van der Waals surface area (Å²) in [6.45, 7) is 3.52. The largest absolute Gasteiger partial charge is 0.497 e. The van der Waals surface area contributed by atoms with Gasteiger partial charge in [-0.3, -0.25) is 9.59 Å². The van der Waals surface area contributed by atoms with Crippen LogP contribution in [0.2, 0.25) is 0 Å². The molecule has 0 aromatic heterocycles. The smallest absolute Gasteiger partial charge is 0.277 e. The normalized spacial score (nSPS) is 16.8. The van der Waals surface area contributed by atoms with E-state index >= 15 is 0 Å². The number of aliphatic imine (C=N–C) groups is 1. The molecule has 0 heterocycles. The molecule has 102 valence electrons. The summed E-state index contributed by atoms with van der Waals surface area (Å²) < 4.78 is 5.04. The summed E-state index contributed by atoms with van der Waals surface area (Å²) in [5.41, 5.74) is 2.37. The highest BCUT2D eigenvalue weighted by molar-refractivity contribution is 6.24. The highest BCUT2D eigenvalue weighted by Gasteiger charge is 2.15. The molecule has 1 amide bonds. The fourth-order valence-electron chi connectivity index (χ4n) is 1.81. The Kier molecular flexibility index (Phi) is 3.94. The molecule has 4 heteroatoms. The number of ether oxygens (including phenoxy) is 1. The third-order valence-corrected chi connectivity index (χ3v) is 3.27. The minimum atomic E-state index is -0.339. The fourth-order valence-corrected chi connectivity index (χ4v) is 1.81. The van der Waals surface area contributed by atoms with E-state index in [-0.39, 0.29) is 11.7 Å². The lowest BCUT2D eigenvalue weighted by atomic mass is 9.97. The fraction of sp³-hybridized carbons (Fsp3) is 0.188. The summed E-state index contributed by atoms with van der Waals surface area (Å²) in [5.74, 6) is 0.302. The molecule has 0 aliphatic heterocycles. The minimum Gasteiger partial charge on any atom is -0.497 e. The molecular weight excluding hydrogens is 254 g/mol. The van der Waals surface area contributed by atoms with E-state index in [1.807, 2.05) is 0 Å². The maximum atomic E-state index is 12.1. The Bertz CT molecular complexity index is 649. The summed E-state index contributed by atoms with van der Waals surface area (Å²) >= 11 is 0. The third kappa shape index (κ3) is 2.74. The number of rotatable bonds is 2. The Morgan fingerprint density at radius 3 is 2.30 bits per heavy atom.